The number of urea groups is 1. The molecule has 24 heavy (non-hydrogen) atoms. The number of benzene rings is 1. The van der Waals surface area contributed by atoms with Crippen molar-refractivity contribution < 1.29 is 23.9 Å². The van der Waals surface area contributed by atoms with Crippen molar-refractivity contribution in [2.75, 3.05) is 26.2 Å². The molecule has 1 fully saturated rings. The van der Waals surface area contributed by atoms with Crippen LogP contribution < -0.4 is 10.6 Å². The zero-order valence-electron chi connectivity index (χ0n) is 13.1. The first kappa shape index (κ1) is 17.7. The molecule has 0 bridgehead atoms. The molecular formula is C16H20FN3O4. The maximum atomic E-state index is 13.4. The number of piperidine rings is 1. The number of rotatable bonds is 5. The second-order valence-corrected chi connectivity index (χ2v) is 5.59. The topological polar surface area (TPSA) is 98.7 Å². The normalized spacial score (nSPS) is 17.2. The third-order valence-electron chi connectivity index (χ3n) is 3.86. The first-order valence-electron chi connectivity index (χ1n) is 7.77. The number of nitrogens with one attached hydrogen (secondary N) is 2. The van der Waals surface area contributed by atoms with E-state index in [1.165, 1.54) is 23.1 Å². The summed E-state index contributed by atoms with van der Waals surface area (Å²) in [4.78, 5) is 36.2. The standard InChI is InChI=1S/C16H20FN3O4/c17-13-6-2-1-5-12(13)14(21)18-7-8-19-16(24)20-9-3-4-11(10-20)15(22)23/h1-2,5-6,11H,3-4,7-10H2,(H,18,21)(H,19,24)(H,22,23). The Balaban J connectivity index is 1.72. The number of amides is 3. The molecule has 3 amide bonds. The van der Waals surface area contributed by atoms with E-state index in [2.05, 4.69) is 10.6 Å². The fourth-order valence-electron chi connectivity index (χ4n) is 2.56. The van der Waals surface area contributed by atoms with Crippen LogP contribution in [-0.2, 0) is 4.79 Å². The minimum Gasteiger partial charge on any atom is -0.481 e. The lowest BCUT2D eigenvalue weighted by Crippen LogP contribution is -2.48. The van der Waals surface area contributed by atoms with Crippen LogP contribution in [-0.4, -0.2) is 54.1 Å². The van der Waals surface area contributed by atoms with Crippen molar-refractivity contribution >= 4 is 17.9 Å². The van der Waals surface area contributed by atoms with Gasteiger partial charge in [-0.3, -0.25) is 9.59 Å². The van der Waals surface area contributed by atoms with Gasteiger partial charge in [-0.2, -0.15) is 0 Å². The molecule has 0 spiro atoms. The van der Waals surface area contributed by atoms with Crippen molar-refractivity contribution in [3.05, 3.63) is 35.6 Å². The van der Waals surface area contributed by atoms with E-state index in [1.54, 1.807) is 6.07 Å². The summed E-state index contributed by atoms with van der Waals surface area (Å²) in [5.41, 5.74) is -0.0517. The number of aliphatic carboxylic acids is 1. The fraction of sp³-hybridized carbons (Fsp3) is 0.438. The van der Waals surface area contributed by atoms with Gasteiger partial charge in [0.1, 0.15) is 5.82 Å². The Morgan fingerprint density at radius 3 is 2.62 bits per heavy atom. The Morgan fingerprint density at radius 2 is 1.92 bits per heavy atom. The molecule has 0 aliphatic carbocycles. The smallest absolute Gasteiger partial charge is 0.317 e. The molecule has 1 aliphatic heterocycles. The highest BCUT2D eigenvalue weighted by atomic mass is 19.1. The van der Waals surface area contributed by atoms with Gasteiger partial charge in [-0.05, 0) is 25.0 Å². The highest BCUT2D eigenvalue weighted by molar-refractivity contribution is 5.94. The van der Waals surface area contributed by atoms with E-state index in [0.717, 1.165) is 0 Å². The van der Waals surface area contributed by atoms with E-state index in [1.807, 2.05) is 0 Å². The van der Waals surface area contributed by atoms with Crippen molar-refractivity contribution in [2.45, 2.75) is 12.8 Å². The van der Waals surface area contributed by atoms with Crippen molar-refractivity contribution in [1.29, 1.82) is 0 Å². The molecule has 1 aromatic rings. The van der Waals surface area contributed by atoms with Crippen molar-refractivity contribution in [1.82, 2.24) is 15.5 Å². The van der Waals surface area contributed by atoms with E-state index in [-0.39, 0.29) is 31.2 Å². The van der Waals surface area contributed by atoms with Gasteiger partial charge in [-0.1, -0.05) is 12.1 Å². The summed E-state index contributed by atoms with van der Waals surface area (Å²) in [7, 11) is 0. The maximum Gasteiger partial charge on any atom is 0.317 e. The Bertz CT molecular complexity index is 623. The quantitative estimate of drug-likeness (QED) is 0.700. The molecule has 3 N–H and O–H groups in total. The molecule has 1 atom stereocenters. The Kier molecular flexibility index (Phi) is 6.11. The third kappa shape index (κ3) is 4.68. The van der Waals surface area contributed by atoms with Crippen LogP contribution >= 0.6 is 0 Å². The molecule has 0 saturated carbocycles. The summed E-state index contributed by atoms with van der Waals surface area (Å²) in [6.45, 7) is 1.02. The van der Waals surface area contributed by atoms with Gasteiger partial charge in [0.2, 0.25) is 0 Å². The zero-order valence-corrected chi connectivity index (χ0v) is 13.1. The monoisotopic (exact) mass is 337 g/mol. The van der Waals surface area contributed by atoms with Crippen LogP contribution in [0.5, 0.6) is 0 Å². The van der Waals surface area contributed by atoms with Crippen LogP contribution in [0.3, 0.4) is 0 Å². The van der Waals surface area contributed by atoms with Crippen LogP contribution in [0.4, 0.5) is 9.18 Å². The Hall–Kier alpha value is -2.64. The zero-order chi connectivity index (χ0) is 17.5. The predicted molar refractivity (Wildman–Crippen MR) is 84.1 cm³/mol. The molecule has 130 valence electrons. The van der Waals surface area contributed by atoms with Gasteiger partial charge < -0.3 is 20.6 Å². The average molecular weight is 337 g/mol. The van der Waals surface area contributed by atoms with E-state index in [4.69, 9.17) is 5.11 Å². The van der Waals surface area contributed by atoms with E-state index in [0.29, 0.717) is 19.4 Å². The van der Waals surface area contributed by atoms with Crippen LogP contribution in [0.25, 0.3) is 0 Å². The van der Waals surface area contributed by atoms with Gasteiger partial charge in [0.25, 0.3) is 5.91 Å². The van der Waals surface area contributed by atoms with Crippen LogP contribution in [0.1, 0.15) is 23.2 Å². The average Bonchev–Trinajstić information content (AvgIpc) is 2.58. The molecule has 0 radical (unpaired) electrons. The number of carboxylic acids is 1. The van der Waals surface area contributed by atoms with Gasteiger partial charge in [0.05, 0.1) is 11.5 Å². The summed E-state index contributed by atoms with van der Waals surface area (Å²) in [6.07, 6.45) is 1.21. The lowest BCUT2D eigenvalue weighted by molar-refractivity contribution is -0.143. The first-order valence-corrected chi connectivity index (χ1v) is 7.77. The lowest BCUT2D eigenvalue weighted by Gasteiger charge is -2.30. The minimum atomic E-state index is -0.898. The van der Waals surface area contributed by atoms with Gasteiger partial charge in [-0.15, -0.1) is 0 Å². The third-order valence-corrected chi connectivity index (χ3v) is 3.86. The molecule has 1 unspecified atom stereocenters. The number of likely N-dealkylation sites (tertiary alicyclic amines) is 1. The van der Waals surface area contributed by atoms with Gasteiger partial charge in [-0.25, -0.2) is 9.18 Å². The molecule has 2 rings (SSSR count). The largest absolute Gasteiger partial charge is 0.481 e. The van der Waals surface area contributed by atoms with E-state index in [9.17, 15) is 18.8 Å². The van der Waals surface area contributed by atoms with Crippen molar-refractivity contribution in [3.63, 3.8) is 0 Å². The summed E-state index contributed by atoms with van der Waals surface area (Å²) >= 11 is 0. The molecule has 1 heterocycles. The second-order valence-electron chi connectivity index (χ2n) is 5.59. The summed E-state index contributed by atoms with van der Waals surface area (Å²) < 4.78 is 13.4. The van der Waals surface area contributed by atoms with E-state index >= 15 is 0 Å². The van der Waals surface area contributed by atoms with Crippen LogP contribution in [0.15, 0.2) is 24.3 Å². The van der Waals surface area contributed by atoms with Gasteiger partial charge >= 0.3 is 12.0 Å². The van der Waals surface area contributed by atoms with E-state index < -0.39 is 23.6 Å². The van der Waals surface area contributed by atoms with Crippen LogP contribution in [0.2, 0.25) is 0 Å². The summed E-state index contributed by atoms with van der Waals surface area (Å²) in [5.74, 6) is -2.59. The Labute approximate surface area is 138 Å². The number of nitrogens with zero attached hydrogens (tertiary/aromatic N) is 1. The Morgan fingerprint density at radius 1 is 1.21 bits per heavy atom. The summed E-state index contributed by atoms with van der Waals surface area (Å²) in [6, 6.07) is 5.28. The number of carbonyl (C=O) groups is 3. The molecule has 8 heteroatoms. The lowest BCUT2D eigenvalue weighted by atomic mass is 9.99. The SMILES string of the molecule is O=C(NCCNC(=O)N1CCCC(C(=O)O)C1)c1ccccc1F. The van der Waals surface area contributed by atoms with Gasteiger partial charge in [0.15, 0.2) is 0 Å². The fourth-order valence-corrected chi connectivity index (χ4v) is 2.56. The van der Waals surface area contributed by atoms with Crippen molar-refractivity contribution in [3.8, 4) is 0 Å². The number of hydrogen-bond donors (Lipinski definition) is 3. The molecule has 1 aliphatic rings. The molecule has 1 aromatic carbocycles. The molecule has 0 aromatic heterocycles. The van der Waals surface area contributed by atoms with Crippen molar-refractivity contribution in [2.24, 2.45) is 5.92 Å². The number of carbonyl (C=O) groups excluding carboxylic acids is 2. The number of halogens is 1. The van der Waals surface area contributed by atoms with Gasteiger partial charge in [0, 0.05) is 26.2 Å². The van der Waals surface area contributed by atoms with Crippen LogP contribution in [0, 0.1) is 11.7 Å². The molecule has 1 saturated heterocycles. The number of carboxylic acid groups (broad SMARTS) is 1. The summed E-state index contributed by atoms with van der Waals surface area (Å²) in [5, 5.41) is 14.1. The first-order chi connectivity index (χ1) is 11.5. The maximum absolute atomic E-state index is 13.4. The predicted octanol–water partition coefficient (Wildman–Crippen LogP) is 1.06. The molecular weight excluding hydrogens is 317 g/mol. The second kappa shape index (κ2) is 8.28. The highest BCUT2D eigenvalue weighted by Gasteiger charge is 2.27. The highest BCUT2D eigenvalue weighted by Crippen LogP contribution is 2.16. The minimum absolute atomic E-state index is 0.0517. The number of hydrogen-bond acceptors (Lipinski definition) is 3. The molecule has 7 nitrogen and oxygen atoms in total.